The Kier molecular flexibility index (Phi) is 32.9. The van der Waals surface area contributed by atoms with Gasteiger partial charge >= 0.3 is 426 Å². The van der Waals surface area contributed by atoms with Gasteiger partial charge in [0.25, 0.3) is 5.56 Å². The van der Waals surface area contributed by atoms with Gasteiger partial charge in [0, 0.05) is 18.8 Å². The summed E-state index contributed by atoms with van der Waals surface area (Å²) in [5, 5.41) is 55.6. The van der Waals surface area contributed by atoms with E-state index < -0.39 is 67.2 Å². The van der Waals surface area contributed by atoms with E-state index >= 15 is 0 Å². The van der Waals surface area contributed by atoms with E-state index in [0.29, 0.717) is 0 Å². The third kappa shape index (κ3) is 28.2. The molecule has 7 aromatic carbocycles. The van der Waals surface area contributed by atoms with Crippen LogP contribution in [0.15, 0.2) is 223 Å². The minimum absolute atomic E-state index is 0.0104. The van der Waals surface area contributed by atoms with Gasteiger partial charge < -0.3 is 40.2 Å². The van der Waals surface area contributed by atoms with Gasteiger partial charge in [-0.1, -0.05) is 18.2 Å². The average Bonchev–Trinajstić information content (AvgIpc) is 1.26. The van der Waals surface area contributed by atoms with E-state index in [4.69, 9.17) is 40.2 Å². The van der Waals surface area contributed by atoms with Crippen molar-refractivity contribution >= 4 is 67.2 Å². The van der Waals surface area contributed by atoms with E-state index in [1.807, 2.05) is 49.0 Å². The molecule has 93 heavy (non-hydrogen) atoms. The van der Waals surface area contributed by atoms with Crippen LogP contribution in [0.2, 0.25) is 26.6 Å². The Bertz CT molecular complexity index is 2960. The summed E-state index contributed by atoms with van der Waals surface area (Å²) >= 11 is -8.23. The number of hydrogen-bond donors (Lipinski definition) is 8. The number of para-hydroxylation sites is 1. The molecular formula is C71H98B4F4N2O10Sn2. The first-order valence-corrected chi connectivity index (χ1v) is 45.5. The van der Waals surface area contributed by atoms with Crippen LogP contribution in [0.1, 0.15) is 122 Å². The standard InChI is InChI=1S/C11H12N2O.6C10H13.4BFH2O2.O.2Sn/c1-9-8-11(14)13(12(9)2)10-6-4-3-5-7-10;6*1-10(2,3)9-7-5-4-6-8-9;4*2-1(3)4;;;/h3-8H,1-2H3;6*4-8H,1H2,2-3H3;4*3-4H;;;. The molecule has 0 bridgehead atoms. The third-order valence-electron chi connectivity index (χ3n) is 16.7. The van der Waals surface area contributed by atoms with E-state index in [2.05, 4.69) is 265 Å². The Morgan fingerprint density at radius 2 is 0.505 bits per heavy atom. The summed E-state index contributed by atoms with van der Waals surface area (Å²) in [7, 11) is -8.79. The number of nitrogens with zero attached hydrogens (tertiary/aromatic N) is 2. The number of halogens is 4. The van der Waals surface area contributed by atoms with Crippen molar-refractivity contribution in [1.29, 1.82) is 0 Å². The van der Waals surface area contributed by atoms with E-state index in [-0.39, 0.29) is 38.0 Å². The minimum atomic E-state index is -4.11. The second-order valence-corrected chi connectivity index (χ2v) is 51.6. The fraction of sp³-hybridized carbons (Fsp3) is 0.366. The molecule has 0 unspecified atom stereocenters. The fourth-order valence-electron chi connectivity index (χ4n) is 13.3. The molecule has 0 aliphatic rings. The van der Waals surface area contributed by atoms with E-state index in [9.17, 15) is 23.5 Å². The Hall–Kier alpha value is -5.23. The smallest absolute Gasteiger partial charge is 0.398 e. The molecule has 8 rings (SSSR count). The van der Waals surface area contributed by atoms with Crippen molar-refractivity contribution < 1.29 is 58.9 Å². The summed E-state index contributed by atoms with van der Waals surface area (Å²) in [5.41, 5.74) is 9.85. The zero-order chi connectivity index (χ0) is 70.1. The number of rotatable bonds is 21. The van der Waals surface area contributed by atoms with Gasteiger partial charge in [0.1, 0.15) is 0 Å². The number of aromatic nitrogens is 2. The fourth-order valence-corrected chi connectivity index (χ4v) is 76.3. The van der Waals surface area contributed by atoms with Crippen molar-refractivity contribution in [2.24, 2.45) is 7.05 Å². The van der Waals surface area contributed by atoms with Crippen LogP contribution in [0.25, 0.3) is 5.69 Å². The molecule has 8 N–H and O–H groups in total. The Morgan fingerprint density at radius 1 is 0.344 bits per heavy atom. The monoisotopic (exact) mass is 1500 g/mol. The van der Waals surface area contributed by atoms with Gasteiger partial charge in [0.15, 0.2) is 0 Å². The molecule has 0 aliphatic carbocycles. The van der Waals surface area contributed by atoms with Crippen molar-refractivity contribution in [3.63, 3.8) is 0 Å². The summed E-state index contributed by atoms with van der Waals surface area (Å²) in [6.45, 7) is 32.4. The molecule has 1 aromatic heterocycles. The molecular weight excluding hydrogens is 1400 g/mol. The summed E-state index contributed by atoms with van der Waals surface area (Å²) < 4.78 is 60.0. The van der Waals surface area contributed by atoms with Gasteiger partial charge in [-0.05, 0) is 19.1 Å². The largest absolute Gasteiger partial charge is 0.674 e. The number of benzene rings is 7. The van der Waals surface area contributed by atoms with Crippen molar-refractivity contribution in [2.45, 2.75) is 149 Å². The van der Waals surface area contributed by atoms with Crippen LogP contribution in [-0.4, -0.2) is 117 Å². The van der Waals surface area contributed by atoms with Gasteiger partial charge in [0.05, 0.1) is 5.69 Å². The van der Waals surface area contributed by atoms with Crippen LogP contribution in [0.3, 0.4) is 0 Å². The molecule has 0 aliphatic heterocycles. The molecule has 0 atom stereocenters. The molecule has 0 radical (unpaired) electrons. The van der Waals surface area contributed by atoms with Crippen molar-refractivity contribution in [3.05, 3.63) is 268 Å². The molecule has 0 saturated heterocycles. The second-order valence-electron chi connectivity index (χ2n) is 27.6. The number of hydrogen-bond acceptors (Lipinski definition) is 10. The van der Waals surface area contributed by atoms with Crippen molar-refractivity contribution in [1.82, 2.24) is 9.36 Å². The molecule has 1 heterocycles. The SMILES string of the molecule is CC(C)([CH2][Sn]([CH2]C(C)(C)c1ccccc1)([CH2]C(C)(C)c1ccccc1)[O][Sn]([CH2]C(C)(C)c1ccccc1)([CH2]C(C)(C)c1ccccc1)[CH2]C(C)(C)c1ccccc1)c1ccccc1.Cc1cc(=O)n(-c2ccccc2)n1C.OB(O)F.OB(O)F.OB(O)F.OB(O)F. The molecule has 500 valence electrons. The summed E-state index contributed by atoms with van der Waals surface area (Å²) in [6, 6.07) is 79.8. The Balaban J connectivity index is 0.000000615. The first-order valence-electron chi connectivity index (χ1n) is 31.1. The van der Waals surface area contributed by atoms with Gasteiger partial charge in [0.2, 0.25) is 0 Å². The zero-order valence-corrected chi connectivity index (χ0v) is 62.3. The topological polar surface area (TPSA) is 198 Å². The maximum Gasteiger partial charge on any atom is 0.674 e. The molecule has 0 amide bonds. The van der Waals surface area contributed by atoms with Crippen molar-refractivity contribution in [2.75, 3.05) is 0 Å². The van der Waals surface area contributed by atoms with Crippen LogP contribution >= 0.6 is 0 Å². The molecule has 0 saturated carbocycles. The van der Waals surface area contributed by atoms with Crippen LogP contribution in [0.4, 0.5) is 17.3 Å². The maximum absolute atomic E-state index is 11.6. The maximum atomic E-state index is 11.6. The predicted octanol–water partition coefficient (Wildman–Crippen LogP) is 13.9. The Morgan fingerprint density at radius 3 is 0.656 bits per heavy atom. The van der Waals surface area contributed by atoms with Gasteiger partial charge in [-0.2, -0.15) is 0 Å². The quantitative estimate of drug-likeness (QED) is 0.0253. The average molecular weight is 1500 g/mol. The molecule has 12 nitrogen and oxygen atoms in total. The van der Waals surface area contributed by atoms with Crippen LogP contribution in [0, 0.1) is 6.92 Å². The van der Waals surface area contributed by atoms with Crippen molar-refractivity contribution in [3.8, 4) is 5.69 Å². The van der Waals surface area contributed by atoms with Gasteiger partial charge in [-0.25, -0.2) is 4.68 Å². The Labute approximate surface area is 561 Å². The molecule has 8 aromatic rings. The summed E-state index contributed by atoms with van der Waals surface area (Å²) in [6.07, 6.45) is 0. The minimum Gasteiger partial charge on any atom is -0.398 e. The van der Waals surface area contributed by atoms with Crippen LogP contribution in [-0.2, 0) is 40.9 Å². The van der Waals surface area contributed by atoms with Crippen LogP contribution < -0.4 is 5.56 Å². The van der Waals surface area contributed by atoms with Gasteiger partial charge in [-0.15, -0.1) is 0 Å². The normalized spacial score (nSPS) is 11.9. The molecule has 0 spiro atoms. The molecule has 22 heteroatoms. The first kappa shape index (κ1) is 82.0. The van der Waals surface area contributed by atoms with E-state index in [1.54, 1.807) is 10.7 Å². The van der Waals surface area contributed by atoms with E-state index in [1.165, 1.54) is 33.4 Å². The predicted molar refractivity (Wildman–Crippen MR) is 379 cm³/mol. The summed E-state index contributed by atoms with van der Waals surface area (Å²) in [4.78, 5) is 11.6. The van der Waals surface area contributed by atoms with Gasteiger partial charge in [-0.3, -0.25) is 26.7 Å². The zero-order valence-electron chi connectivity index (χ0n) is 56.6. The molecule has 0 fully saturated rings. The van der Waals surface area contributed by atoms with E-state index in [0.717, 1.165) is 38.0 Å². The summed E-state index contributed by atoms with van der Waals surface area (Å²) in [5.74, 6) is 0. The second kappa shape index (κ2) is 37.3. The number of aryl methyl sites for hydroxylation is 1. The third-order valence-corrected chi connectivity index (χ3v) is 61.9. The van der Waals surface area contributed by atoms with Crippen LogP contribution in [0.5, 0.6) is 0 Å². The first-order chi connectivity index (χ1) is 43.2.